The van der Waals surface area contributed by atoms with Gasteiger partial charge in [0.05, 0.1) is 18.6 Å². The van der Waals surface area contributed by atoms with Crippen molar-refractivity contribution in [1.29, 1.82) is 0 Å². The minimum absolute atomic E-state index is 0.0599. The average molecular weight is 336 g/mol. The van der Waals surface area contributed by atoms with Crippen LogP contribution in [0.15, 0.2) is 22.7 Å². The summed E-state index contributed by atoms with van der Waals surface area (Å²) in [5, 5.41) is 0. The Morgan fingerprint density at radius 1 is 1.39 bits per heavy atom. The van der Waals surface area contributed by atoms with Crippen LogP contribution in [0.25, 0.3) is 0 Å². The van der Waals surface area contributed by atoms with Crippen molar-refractivity contribution in [3.05, 3.63) is 28.2 Å². The van der Waals surface area contributed by atoms with E-state index in [1.54, 1.807) is 26.0 Å². The Bertz CT molecular complexity index is 521. The molecule has 0 spiro atoms. The first kappa shape index (κ1) is 15.5. The topological polar surface area (TPSA) is 69.4 Å². The Morgan fingerprint density at radius 3 is 2.50 bits per heavy atom. The van der Waals surface area contributed by atoms with Gasteiger partial charge in [-0.3, -0.25) is 0 Å². The predicted octanol–water partition coefficient (Wildman–Crippen LogP) is 2.11. The molecule has 6 heteroatoms. The normalized spacial score (nSPS) is 12.5. The number of hydrogen-bond acceptors (Lipinski definition) is 4. The summed E-state index contributed by atoms with van der Waals surface area (Å²) in [6.45, 7) is 3.39. The maximum atomic E-state index is 12.0. The number of halogens is 1. The number of benzene rings is 1. The fraction of sp³-hybridized carbons (Fsp3) is 0.500. The third-order valence-electron chi connectivity index (χ3n) is 2.21. The third kappa shape index (κ3) is 4.96. The van der Waals surface area contributed by atoms with Gasteiger partial charge in [0.1, 0.15) is 5.75 Å². The summed E-state index contributed by atoms with van der Waals surface area (Å²) in [4.78, 5) is 0. The second-order valence-corrected chi connectivity index (χ2v) is 7.96. The summed E-state index contributed by atoms with van der Waals surface area (Å²) < 4.78 is 30.1. The van der Waals surface area contributed by atoms with E-state index in [4.69, 9.17) is 10.5 Å². The van der Waals surface area contributed by atoms with Crippen molar-refractivity contribution in [2.75, 3.05) is 12.9 Å². The van der Waals surface area contributed by atoms with E-state index < -0.39 is 15.4 Å². The van der Waals surface area contributed by atoms with Crippen LogP contribution in [0.2, 0.25) is 0 Å². The summed E-state index contributed by atoms with van der Waals surface area (Å²) in [6, 6.07) is 5.30. The van der Waals surface area contributed by atoms with Gasteiger partial charge in [-0.2, -0.15) is 0 Å². The zero-order chi connectivity index (χ0) is 14.0. The molecule has 0 saturated carbocycles. The van der Waals surface area contributed by atoms with Crippen molar-refractivity contribution >= 4 is 25.8 Å². The van der Waals surface area contributed by atoms with E-state index in [0.29, 0.717) is 11.3 Å². The van der Waals surface area contributed by atoms with Crippen LogP contribution in [0.1, 0.15) is 19.4 Å². The molecule has 102 valence electrons. The minimum atomic E-state index is -3.27. The van der Waals surface area contributed by atoms with Crippen LogP contribution in [0.3, 0.4) is 0 Å². The summed E-state index contributed by atoms with van der Waals surface area (Å²) in [5.41, 5.74) is 5.65. The fourth-order valence-corrected chi connectivity index (χ4v) is 4.06. The van der Waals surface area contributed by atoms with Crippen LogP contribution in [0.4, 0.5) is 0 Å². The van der Waals surface area contributed by atoms with Gasteiger partial charge >= 0.3 is 0 Å². The molecule has 0 radical (unpaired) electrons. The van der Waals surface area contributed by atoms with Crippen molar-refractivity contribution in [3.63, 3.8) is 0 Å². The standard InChI is InChI=1S/C12H18BrNO3S/c1-12(2,14)8-18(15,16)7-9-6-10(13)4-5-11(9)17-3/h4-6H,7-8,14H2,1-3H3. The lowest BCUT2D eigenvalue weighted by molar-refractivity contribution is 0.410. The molecule has 1 rings (SSSR count). The Kier molecular flexibility index (Phi) is 4.80. The van der Waals surface area contributed by atoms with E-state index in [0.717, 1.165) is 4.47 Å². The molecule has 0 bridgehead atoms. The Labute approximate surface area is 117 Å². The molecule has 0 amide bonds. The molecule has 1 aromatic rings. The van der Waals surface area contributed by atoms with Gasteiger partial charge in [-0.1, -0.05) is 15.9 Å². The molecule has 0 atom stereocenters. The Balaban J connectivity index is 3.00. The maximum absolute atomic E-state index is 12.0. The summed E-state index contributed by atoms with van der Waals surface area (Å²) in [5.74, 6) is 0.433. The molecule has 0 aliphatic rings. The van der Waals surface area contributed by atoms with Gasteiger partial charge in [0, 0.05) is 15.6 Å². The van der Waals surface area contributed by atoms with Crippen LogP contribution >= 0.6 is 15.9 Å². The molecule has 0 aliphatic carbocycles. The largest absolute Gasteiger partial charge is 0.496 e. The predicted molar refractivity (Wildman–Crippen MR) is 76.5 cm³/mol. The quantitative estimate of drug-likeness (QED) is 0.894. The molecular weight excluding hydrogens is 318 g/mol. The average Bonchev–Trinajstić information content (AvgIpc) is 2.13. The lowest BCUT2D eigenvalue weighted by Gasteiger charge is -2.18. The molecule has 4 nitrogen and oxygen atoms in total. The highest BCUT2D eigenvalue weighted by atomic mass is 79.9. The lowest BCUT2D eigenvalue weighted by Crippen LogP contribution is -2.40. The van der Waals surface area contributed by atoms with Gasteiger partial charge in [0.25, 0.3) is 0 Å². The van der Waals surface area contributed by atoms with Gasteiger partial charge in [-0.05, 0) is 32.0 Å². The molecule has 18 heavy (non-hydrogen) atoms. The van der Waals surface area contributed by atoms with Crippen LogP contribution in [-0.4, -0.2) is 26.8 Å². The molecule has 0 unspecified atom stereocenters. The summed E-state index contributed by atoms with van der Waals surface area (Å²) in [7, 11) is -1.75. The zero-order valence-corrected chi connectivity index (χ0v) is 13.1. The van der Waals surface area contributed by atoms with Crippen molar-refractivity contribution < 1.29 is 13.2 Å². The van der Waals surface area contributed by atoms with Gasteiger partial charge in [-0.25, -0.2) is 8.42 Å². The zero-order valence-electron chi connectivity index (χ0n) is 10.7. The monoisotopic (exact) mass is 335 g/mol. The SMILES string of the molecule is COc1ccc(Br)cc1CS(=O)(=O)CC(C)(C)N. The molecule has 0 saturated heterocycles. The second kappa shape index (κ2) is 5.59. The molecule has 0 aromatic heterocycles. The number of methoxy groups -OCH3 is 1. The van der Waals surface area contributed by atoms with Crippen LogP contribution in [0, 0.1) is 0 Å². The van der Waals surface area contributed by atoms with Crippen molar-refractivity contribution in [3.8, 4) is 5.75 Å². The Hall–Kier alpha value is -0.590. The summed E-state index contributed by atoms with van der Waals surface area (Å²) in [6.07, 6.45) is 0. The third-order valence-corrected chi connectivity index (χ3v) is 4.64. The lowest BCUT2D eigenvalue weighted by atomic mass is 10.1. The number of hydrogen-bond donors (Lipinski definition) is 1. The van der Waals surface area contributed by atoms with Gasteiger partial charge in [0.2, 0.25) is 0 Å². The second-order valence-electron chi connectivity index (χ2n) is 4.98. The smallest absolute Gasteiger partial charge is 0.156 e. The molecule has 0 aliphatic heterocycles. The summed E-state index contributed by atoms with van der Waals surface area (Å²) >= 11 is 3.32. The van der Waals surface area contributed by atoms with E-state index in [1.807, 2.05) is 6.07 Å². The van der Waals surface area contributed by atoms with Crippen LogP contribution in [0.5, 0.6) is 5.75 Å². The van der Waals surface area contributed by atoms with E-state index in [1.165, 1.54) is 7.11 Å². The number of nitrogens with two attached hydrogens (primary N) is 1. The van der Waals surface area contributed by atoms with E-state index in [-0.39, 0.29) is 11.5 Å². The molecule has 1 aromatic carbocycles. The van der Waals surface area contributed by atoms with Crippen molar-refractivity contribution in [2.45, 2.75) is 25.1 Å². The van der Waals surface area contributed by atoms with Crippen LogP contribution < -0.4 is 10.5 Å². The first-order valence-corrected chi connectivity index (χ1v) is 8.06. The minimum Gasteiger partial charge on any atom is -0.496 e. The maximum Gasteiger partial charge on any atom is 0.156 e. The highest BCUT2D eigenvalue weighted by Gasteiger charge is 2.23. The molecule has 0 fully saturated rings. The van der Waals surface area contributed by atoms with E-state index in [2.05, 4.69) is 15.9 Å². The van der Waals surface area contributed by atoms with Crippen molar-refractivity contribution in [2.24, 2.45) is 5.73 Å². The first-order chi connectivity index (χ1) is 8.13. The first-order valence-electron chi connectivity index (χ1n) is 5.45. The van der Waals surface area contributed by atoms with Gasteiger partial charge in [-0.15, -0.1) is 0 Å². The number of rotatable bonds is 5. The molecule has 2 N–H and O–H groups in total. The van der Waals surface area contributed by atoms with E-state index >= 15 is 0 Å². The van der Waals surface area contributed by atoms with E-state index in [9.17, 15) is 8.42 Å². The van der Waals surface area contributed by atoms with Crippen molar-refractivity contribution in [1.82, 2.24) is 0 Å². The highest BCUT2D eigenvalue weighted by molar-refractivity contribution is 9.10. The number of sulfone groups is 1. The van der Waals surface area contributed by atoms with Gasteiger partial charge in [0.15, 0.2) is 9.84 Å². The Morgan fingerprint density at radius 2 is 2.00 bits per heavy atom. The highest BCUT2D eigenvalue weighted by Crippen LogP contribution is 2.25. The molecular formula is C12H18BrNO3S. The fourth-order valence-electron chi connectivity index (χ4n) is 1.71. The molecule has 0 heterocycles. The van der Waals surface area contributed by atoms with Crippen LogP contribution in [-0.2, 0) is 15.6 Å². The van der Waals surface area contributed by atoms with Gasteiger partial charge < -0.3 is 10.5 Å². The number of ether oxygens (including phenoxy) is 1.